The van der Waals surface area contributed by atoms with Crippen molar-refractivity contribution in [2.45, 2.75) is 0 Å². The van der Waals surface area contributed by atoms with Crippen molar-refractivity contribution in [3.8, 4) is 0 Å². The maximum Gasteiger partial charge on any atom is 0.256 e. The fourth-order valence-electron chi connectivity index (χ4n) is 1.18. The normalized spacial score (nSPS) is 9.81. The van der Waals surface area contributed by atoms with Crippen LogP contribution in [0.25, 0.3) is 0 Å². The van der Waals surface area contributed by atoms with Gasteiger partial charge in [-0.15, -0.1) is 0 Å². The summed E-state index contributed by atoms with van der Waals surface area (Å²) in [5.41, 5.74) is 0.609. The summed E-state index contributed by atoms with van der Waals surface area (Å²) in [7, 11) is 0. The number of rotatable bonds is 2. The van der Waals surface area contributed by atoms with Crippen molar-refractivity contribution in [2.24, 2.45) is 0 Å². The van der Waals surface area contributed by atoms with Crippen LogP contribution < -0.4 is 5.32 Å². The Morgan fingerprint density at radius 3 is 2.88 bits per heavy atom. The van der Waals surface area contributed by atoms with E-state index in [0.717, 1.165) is 3.57 Å². The van der Waals surface area contributed by atoms with Gasteiger partial charge in [-0.25, -0.2) is 4.98 Å². The van der Waals surface area contributed by atoms with Crippen LogP contribution in [0.1, 0.15) is 10.4 Å². The molecule has 0 fully saturated rings. The molecule has 0 bridgehead atoms. The van der Waals surface area contributed by atoms with E-state index in [-0.39, 0.29) is 5.91 Å². The van der Waals surface area contributed by atoms with Crippen molar-refractivity contribution in [1.29, 1.82) is 0 Å². The summed E-state index contributed by atoms with van der Waals surface area (Å²) in [4.78, 5) is 19.6. The van der Waals surface area contributed by atoms with Crippen LogP contribution in [-0.4, -0.2) is 15.9 Å². The molecular formula is C11H8IN3O. The van der Waals surface area contributed by atoms with Gasteiger partial charge in [-0.1, -0.05) is 6.07 Å². The molecule has 2 aromatic rings. The lowest BCUT2D eigenvalue weighted by molar-refractivity contribution is 0.102. The second kappa shape index (κ2) is 5.02. The monoisotopic (exact) mass is 325 g/mol. The summed E-state index contributed by atoms with van der Waals surface area (Å²) in [6.45, 7) is 0. The topological polar surface area (TPSA) is 54.9 Å². The zero-order chi connectivity index (χ0) is 11.4. The van der Waals surface area contributed by atoms with Crippen molar-refractivity contribution >= 4 is 34.3 Å². The lowest BCUT2D eigenvalue weighted by Crippen LogP contribution is -2.13. The molecule has 0 spiro atoms. The van der Waals surface area contributed by atoms with E-state index in [1.54, 1.807) is 12.3 Å². The molecule has 0 saturated carbocycles. The van der Waals surface area contributed by atoms with Gasteiger partial charge in [-0.2, -0.15) is 0 Å². The van der Waals surface area contributed by atoms with Crippen LogP contribution in [0.5, 0.6) is 0 Å². The largest absolute Gasteiger partial charge is 0.305 e. The highest BCUT2D eigenvalue weighted by Crippen LogP contribution is 2.09. The molecule has 0 aliphatic carbocycles. The second-order valence-corrected chi connectivity index (χ2v) is 4.30. The van der Waals surface area contributed by atoms with Gasteiger partial charge in [0.05, 0.1) is 6.20 Å². The smallest absolute Gasteiger partial charge is 0.256 e. The van der Waals surface area contributed by atoms with E-state index >= 15 is 0 Å². The molecule has 1 N–H and O–H groups in total. The minimum Gasteiger partial charge on any atom is -0.305 e. The number of carbonyl (C=O) groups is 1. The number of aromatic nitrogens is 2. The molecule has 2 rings (SSSR count). The van der Waals surface area contributed by atoms with E-state index in [2.05, 4.69) is 37.9 Å². The Balaban J connectivity index is 2.15. The van der Waals surface area contributed by atoms with Gasteiger partial charge in [0.15, 0.2) is 5.82 Å². The van der Waals surface area contributed by atoms with Gasteiger partial charge in [0.25, 0.3) is 5.91 Å². The lowest BCUT2D eigenvalue weighted by atomic mass is 10.2. The Labute approximate surface area is 106 Å². The van der Waals surface area contributed by atoms with Crippen molar-refractivity contribution in [3.63, 3.8) is 0 Å². The molecule has 0 aliphatic rings. The molecule has 0 saturated heterocycles. The minimum atomic E-state index is -0.181. The van der Waals surface area contributed by atoms with Crippen molar-refractivity contribution < 1.29 is 4.79 Å². The first kappa shape index (κ1) is 11.0. The molecule has 1 heterocycles. The van der Waals surface area contributed by atoms with Gasteiger partial charge in [-0.05, 0) is 40.8 Å². The second-order valence-electron chi connectivity index (χ2n) is 3.06. The van der Waals surface area contributed by atoms with E-state index in [1.165, 1.54) is 12.4 Å². The quantitative estimate of drug-likeness (QED) is 0.863. The first-order chi connectivity index (χ1) is 7.75. The molecule has 0 unspecified atom stereocenters. The Morgan fingerprint density at radius 2 is 2.19 bits per heavy atom. The van der Waals surface area contributed by atoms with E-state index in [1.807, 2.05) is 18.2 Å². The van der Waals surface area contributed by atoms with Crippen molar-refractivity contribution in [2.75, 3.05) is 5.32 Å². The number of amides is 1. The van der Waals surface area contributed by atoms with Crippen molar-refractivity contribution in [3.05, 3.63) is 52.0 Å². The molecule has 1 aromatic heterocycles. The highest BCUT2D eigenvalue weighted by molar-refractivity contribution is 14.1. The van der Waals surface area contributed by atoms with Gasteiger partial charge in [-0.3, -0.25) is 9.78 Å². The Morgan fingerprint density at radius 1 is 1.31 bits per heavy atom. The molecule has 5 heteroatoms. The first-order valence-corrected chi connectivity index (χ1v) is 5.66. The Kier molecular flexibility index (Phi) is 3.45. The molecule has 0 atom stereocenters. The van der Waals surface area contributed by atoms with Crippen LogP contribution in [0.3, 0.4) is 0 Å². The third kappa shape index (κ3) is 2.75. The number of nitrogens with one attached hydrogen (secondary N) is 1. The first-order valence-electron chi connectivity index (χ1n) is 4.58. The standard InChI is InChI=1S/C11H8IN3O/c12-9-3-1-2-8(6-9)11(16)15-10-7-13-4-5-14-10/h1-7H,(H,14,15,16). The van der Waals surface area contributed by atoms with Crippen LogP contribution in [-0.2, 0) is 0 Å². The summed E-state index contributed by atoms with van der Waals surface area (Å²) in [5.74, 6) is 0.269. The molecule has 16 heavy (non-hydrogen) atoms. The average Bonchev–Trinajstić information content (AvgIpc) is 2.30. The molecule has 4 nitrogen and oxygen atoms in total. The lowest BCUT2D eigenvalue weighted by Gasteiger charge is -2.03. The van der Waals surface area contributed by atoms with Crippen molar-refractivity contribution in [1.82, 2.24) is 9.97 Å². The fraction of sp³-hybridized carbons (Fsp3) is 0. The number of carbonyl (C=O) groups excluding carboxylic acids is 1. The summed E-state index contributed by atoms with van der Waals surface area (Å²) in [5, 5.41) is 2.67. The number of nitrogens with zero attached hydrogens (tertiary/aromatic N) is 2. The summed E-state index contributed by atoms with van der Waals surface area (Å²) < 4.78 is 1.02. The zero-order valence-electron chi connectivity index (χ0n) is 8.22. The number of halogens is 1. The minimum absolute atomic E-state index is 0.181. The Bertz CT molecular complexity index is 502. The van der Waals surface area contributed by atoms with E-state index < -0.39 is 0 Å². The number of anilines is 1. The third-order valence-corrected chi connectivity index (χ3v) is 2.56. The molecule has 1 aromatic carbocycles. The molecular weight excluding hydrogens is 317 g/mol. The highest BCUT2D eigenvalue weighted by atomic mass is 127. The fourth-order valence-corrected chi connectivity index (χ4v) is 1.72. The van der Waals surface area contributed by atoms with Crippen LogP contribution >= 0.6 is 22.6 Å². The third-order valence-electron chi connectivity index (χ3n) is 1.89. The van der Waals surface area contributed by atoms with Gasteiger partial charge in [0, 0.05) is 21.5 Å². The maximum atomic E-state index is 11.8. The summed E-state index contributed by atoms with van der Waals surface area (Å²) >= 11 is 2.16. The SMILES string of the molecule is O=C(Nc1cnccn1)c1cccc(I)c1. The van der Waals surface area contributed by atoms with Crippen LogP contribution in [0.15, 0.2) is 42.9 Å². The van der Waals surface area contributed by atoms with E-state index in [0.29, 0.717) is 11.4 Å². The predicted molar refractivity (Wildman–Crippen MR) is 69.1 cm³/mol. The molecule has 80 valence electrons. The van der Waals surface area contributed by atoms with Gasteiger partial charge in [0.1, 0.15) is 0 Å². The number of benzene rings is 1. The number of hydrogen-bond acceptors (Lipinski definition) is 3. The van der Waals surface area contributed by atoms with Crippen LogP contribution in [0.4, 0.5) is 5.82 Å². The zero-order valence-corrected chi connectivity index (χ0v) is 10.4. The van der Waals surface area contributed by atoms with Gasteiger partial charge >= 0.3 is 0 Å². The average molecular weight is 325 g/mol. The highest BCUT2D eigenvalue weighted by Gasteiger charge is 2.06. The predicted octanol–water partition coefficient (Wildman–Crippen LogP) is 2.33. The molecule has 0 radical (unpaired) electrons. The van der Waals surface area contributed by atoms with E-state index in [9.17, 15) is 4.79 Å². The molecule has 1 amide bonds. The summed E-state index contributed by atoms with van der Waals surface area (Å²) in [6, 6.07) is 7.34. The molecule has 0 aliphatic heterocycles. The maximum absolute atomic E-state index is 11.8. The summed E-state index contributed by atoms with van der Waals surface area (Å²) in [6.07, 6.45) is 4.59. The Hall–Kier alpha value is -1.50. The van der Waals surface area contributed by atoms with Gasteiger partial charge < -0.3 is 5.32 Å². The van der Waals surface area contributed by atoms with Crippen LogP contribution in [0.2, 0.25) is 0 Å². The van der Waals surface area contributed by atoms with Crippen LogP contribution in [0, 0.1) is 3.57 Å². The number of hydrogen-bond donors (Lipinski definition) is 1. The van der Waals surface area contributed by atoms with Gasteiger partial charge in [0.2, 0.25) is 0 Å². The van der Waals surface area contributed by atoms with E-state index in [4.69, 9.17) is 0 Å².